The maximum atomic E-state index is 11.7. The molecule has 25 heavy (non-hydrogen) atoms. The Bertz CT molecular complexity index is 874. The number of para-hydroxylation sites is 2. The summed E-state index contributed by atoms with van der Waals surface area (Å²) in [5, 5.41) is 12.8. The molecule has 0 N–H and O–H groups in total. The zero-order valence-electron chi connectivity index (χ0n) is 12.8. The first-order chi connectivity index (χ1) is 12.1. The summed E-state index contributed by atoms with van der Waals surface area (Å²) in [5.74, 6) is -0.207. The van der Waals surface area contributed by atoms with E-state index in [2.05, 4.69) is 4.98 Å². The molecule has 2 aromatic heterocycles. The van der Waals surface area contributed by atoms with Crippen LogP contribution in [0.4, 0.5) is 5.69 Å². The maximum absolute atomic E-state index is 11.7. The van der Waals surface area contributed by atoms with Gasteiger partial charge in [0.15, 0.2) is 12.4 Å². The average Bonchev–Trinajstić information content (AvgIpc) is 3.29. The van der Waals surface area contributed by atoms with Crippen molar-refractivity contribution in [2.75, 3.05) is 6.61 Å². The molecule has 0 radical (unpaired) electrons. The van der Waals surface area contributed by atoms with Crippen molar-refractivity contribution >= 4 is 23.0 Å². The summed E-state index contributed by atoms with van der Waals surface area (Å²) in [7, 11) is 0. The third-order valence-corrected chi connectivity index (χ3v) is 3.93. The Hall–Kier alpha value is -3.20. The molecule has 0 bridgehead atoms. The van der Waals surface area contributed by atoms with Gasteiger partial charge in [0.05, 0.1) is 9.80 Å². The van der Waals surface area contributed by atoms with Gasteiger partial charge in [-0.3, -0.25) is 10.1 Å². The molecule has 0 saturated heterocycles. The van der Waals surface area contributed by atoms with Crippen molar-refractivity contribution in [3.63, 3.8) is 0 Å². The molecule has 0 fully saturated rings. The number of nitro groups is 1. The Labute approximate surface area is 145 Å². The topological polar surface area (TPSA) is 105 Å². The summed E-state index contributed by atoms with van der Waals surface area (Å²) in [6.45, 7) is -0.519. The van der Waals surface area contributed by atoms with Crippen LogP contribution >= 0.6 is 11.3 Å². The summed E-state index contributed by atoms with van der Waals surface area (Å²) < 4.78 is 15.5. The number of carbonyl (C=O) groups excluding carboxylic acids is 1. The van der Waals surface area contributed by atoms with Gasteiger partial charge in [0.1, 0.15) is 18.6 Å². The molecule has 0 atom stereocenters. The Morgan fingerprint density at radius 2 is 2.12 bits per heavy atom. The third kappa shape index (κ3) is 4.21. The van der Waals surface area contributed by atoms with E-state index in [1.807, 2.05) is 17.5 Å². The molecule has 9 heteroatoms. The monoisotopic (exact) mass is 360 g/mol. The van der Waals surface area contributed by atoms with Gasteiger partial charge >= 0.3 is 11.7 Å². The number of rotatable bonds is 7. The number of benzene rings is 1. The van der Waals surface area contributed by atoms with E-state index in [-0.39, 0.29) is 18.0 Å². The molecular formula is C16H12N2O6S. The van der Waals surface area contributed by atoms with Crippen LogP contribution in [-0.4, -0.2) is 22.5 Å². The maximum Gasteiger partial charge on any atom is 0.344 e. The van der Waals surface area contributed by atoms with Crippen molar-refractivity contribution in [1.29, 1.82) is 0 Å². The molecule has 0 saturated carbocycles. The molecule has 8 nitrogen and oxygen atoms in total. The van der Waals surface area contributed by atoms with Crippen LogP contribution in [0.25, 0.3) is 10.8 Å². The van der Waals surface area contributed by atoms with Crippen LogP contribution in [0.5, 0.6) is 5.75 Å². The van der Waals surface area contributed by atoms with E-state index in [0.717, 1.165) is 4.88 Å². The molecule has 0 aliphatic carbocycles. The highest BCUT2D eigenvalue weighted by Gasteiger charge is 2.16. The van der Waals surface area contributed by atoms with Gasteiger partial charge in [-0.25, -0.2) is 9.78 Å². The number of nitrogens with zero attached hydrogens (tertiary/aromatic N) is 2. The van der Waals surface area contributed by atoms with Crippen molar-refractivity contribution < 1.29 is 23.6 Å². The van der Waals surface area contributed by atoms with Gasteiger partial charge in [-0.1, -0.05) is 18.2 Å². The van der Waals surface area contributed by atoms with Crippen molar-refractivity contribution in [2.24, 2.45) is 0 Å². The first-order valence-corrected chi connectivity index (χ1v) is 8.01. The fraction of sp³-hybridized carbons (Fsp3) is 0.125. The molecule has 3 rings (SSSR count). The van der Waals surface area contributed by atoms with E-state index in [0.29, 0.717) is 11.6 Å². The van der Waals surface area contributed by atoms with Gasteiger partial charge in [-0.05, 0) is 17.5 Å². The number of nitro benzene ring substituents is 1. The highest BCUT2D eigenvalue weighted by atomic mass is 32.1. The van der Waals surface area contributed by atoms with Crippen molar-refractivity contribution in [3.8, 4) is 16.5 Å². The minimum atomic E-state index is -0.668. The second kappa shape index (κ2) is 7.58. The fourth-order valence-corrected chi connectivity index (χ4v) is 2.60. The lowest BCUT2D eigenvalue weighted by Crippen LogP contribution is -2.15. The second-order valence-electron chi connectivity index (χ2n) is 4.80. The predicted molar refractivity (Wildman–Crippen MR) is 88.2 cm³/mol. The summed E-state index contributed by atoms with van der Waals surface area (Å²) in [6.07, 6.45) is 1.41. The summed E-state index contributed by atoms with van der Waals surface area (Å²) in [5.41, 5.74) is 0.245. The Kier molecular flexibility index (Phi) is 5.05. The van der Waals surface area contributed by atoms with Crippen molar-refractivity contribution in [2.45, 2.75) is 6.61 Å². The Balaban J connectivity index is 1.51. The zero-order valence-corrected chi connectivity index (χ0v) is 13.6. The molecule has 2 heterocycles. The summed E-state index contributed by atoms with van der Waals surface area (Å²) in [4.78, 5) is 27.1. The lowest BCUT2D eigenvalue weighted by Gasteiger charge is -2.06. The Morgan fingerprint density at radius 3 is 2.88 bits per heavy atom. The third-order valence-electron chi connectivity index (χ3n) is 3.07. The van der Waals surface area contributed by atoms with Crippen LogP contribution in [0.2, 0.25) is 0 Å². The number of oxazole rings is 1. The molecule has 3 aromatic rings. The van der Waals surface area contributed by atoms with E-state index in [9.17, 15) is 14.9 Å². The molecule has 1 aromatic carbocycles. The van der Waals surface area contributed by atoms with Crippen LogP contribution in [-0.2, 0) is 16.1 Å². The normalized spacial score (nSPS) is 10.4. The molecule has 0 unspecified atom stereocenters. The molecule has 0 aliphatic heterocycles. The number of esters is 1. The van der Waals surface area contributed by atoms with Gasteiger partial charge in [0, 0.05) is 6.07 Å². The van der Waals surface area contributed by atoms with Gasteiger partial charge in [-0.15, -0.1) is 11.3 Å². The first kappa shape index (κ1) is 16.7. The lowest BCUT2D eigenvalue weighted by atomic mass is 10.3. The van der Waals surface area contributed by atoms with Gasteiger partial charge in [0.2, 0.25) is 5.89 Å². The summed E-state index contributed by atoms with van der Waals surface area (Å²) in [6, 6.07) is 9.55. The first-order valence-electron chi connectivity index (χ1n) is 7.13. The average molecular weight is 360 g/mol. The van der Waals surface area contributed by atoms with Gasteiger partial charge in [-0.2, -0.15) is 0 Å². The highest BCUT2D eigenvalue weighted by molar-refractivity contribution is 7.13. The summed E-state index contributed by atoms with van der Waals surface area (Å²) >= 11 is 1.48. The lowest BCUT2D eigenvalue weighted by molar-refractivity contribution is -0.385. The number of ether oxygens (including phenoxy) is 2. The number of hydrogen-bond acceptors (Lipinski definition) is 8. The molecule has 128 valence electrons. The predicted octanol–water partition coefficient (Wildman–Crippen LogP) is 3.43. The number of thiophene rings is 1. The van der Waals surface area contributed by atoms with Gasteiger partial charge < -0.3 is 13.9 Å². The minimum Gasteiger partial charge on any atom is -0.475 e. The highest BCUT2D eigenvalue weighted by Crippen LogP contribution is 2.26. The van der Waals surface area contributed by atoms with E-state index >= 15 is 0 Å². The largest absolute Gasteiger partial charge is 0.475 e. The number of aromatic nitrogens is 1. The number of carbonyl (C=O) groups is 1. The van der Waals surface area contributed by atoms with Crippen molar-refractivity contribution in [1.82, 2.24) is 4.98 Å². The van der Waals surface area contributed by atoms with E-state index < -0.39 is 17.5 Å². The minimum absolute atomic E-state index is 0.00543. The number of hydrogen-bond donors (Lipinski definition) is 0. The SMILES string of the molecule is O=C(COc1ccccc1[N+](=O)[O-])OCc1coc(-c2cccs2)n1. The van der Waals surface area contributed by atoms with E-state index in [4.69, 9.17) is 13.9 Å². The van der Waals surface area contributed by atoms with Gasteiger partial charge in [0.25, 0.3) is 0 Å². The van der Waals surface area contributed by atoms with Crippen LogP contribution < -0.4 is 4.74 Å². The molecule has 0 aliphatic rings. The second-order valence-corrected chi connectivity index (χ2v) is 5.74. The molecule has 0 amide bonds. The van der Waals surface area contributed by atoms with Crippen LogP contribution in [0.3, 0.4) is 0 Å². The fourth-order valence-electron chi connectivity index (χ4n) is 1.95. The quantitative estimate of drug-likeness (QED) is 0.361. The van der Waals surface area contributed by atoms with Crippen LogP contribution in [0.1, 0.15) is 5.69 Å². The van der Waals surface area contributed by atoms with Crippen LogP contribution in [0, 0.1) is 10.1 Å². The van der Waals surface area contributed by atoms with Crippen molar-refractivity contribution in [3.05, 3.63) is 63.8 Å². The van der Waals surface area contributed by atoms with E-state index in [1.165, 1.54) is 35.8 Å². The van der Waals surface area contributed by atoms with Crippen LogP contribution in [0.15, 0.2) is 52.5 Å². The molecule has 0 spiro atoms. The van der Waals surface area contributed by atoms with E-state index in [1.54, 1.807) is 6.07 Å². The Morgan fingerprint density at radius 1 is 1.28 bits per heavy atom. The zero-order chi connectivity index (χ0) is 17.6. The smallest absolute Gasteiger partial charge is 0.344 e. The molecular weight excluding hydrogens is 348 g/mol. The standard InChI is InChI=1S/C16H12N2O6S/c19-15(10-22-13-5-2-1-4-12(13)18(20)21)23-8-11-9-24-16(17-11)14-6-3-7-25-14/h1-7,9H,8,10H2.